The van der Waals surface area contributed by atoms with Crippen LogP contribution in [0.5, 0.6) is 0 Å². The van der Waals surface area contributed by atoms with Crippen molar-refractivity contribution < 1.29 is 13.7 Å². The van der Waals surface area contributed by atoms with Gasteiger partial charge >= 0.3 is 7.12 Å². The minimum Gasteiger partial charge on any atom is -0.456 e. The maximum Gasteiger partial charge on any atom is 0.495 e. The Hall–Kier alpha value is -5.42. The van der Waals surface area contributed by atoms with E-state index in [1.807, 2.05) is 0 Å². The summed E-state index contributed by atoms with van der Waals surface area (Å²) in [4.78, 5) is 0. The lowest BCUT2D eigenvalue weighted by Gasteiger charge is -2.50. The van der Waals surface area contributed by atoms with Crippen LogP contribution in [0.4, 0.5) is 0 Å². The van der Waals surface area contributed by atoms with Crippen LogP contribution in [0.3, 0.4) is 0 Å². The van der Waals surface area contributed by atoms with Crippen LogP contribution in [-0.2, 0) is 20.1 Å². The number of hydrogen-bond donors (Lipinski definition) is 0. The number of allylic oxidation sites excluding steroid dienone is 4. The number of hydrogen-bond acceptors (Lipinski definition) is 3. The standard InChI is InChI=1S/C50H39BO3/c1-47(2)48(3,4)54-51(53-47)41-26-15-25-39-45(41)46-40(28-29-43-44(46)32-18-7-14-27-42(32)52-43)50(39)37-23-12-10-21-35(37)49(36-22-11-13-24-38(36)50)33-19-8-5-16-30(33)31-17-6-9-20-34(31)49/h5-12,14-23,25-29H,13,24H2,1-4H3. The molecule has 4 aliphatic carbocycles. The Morgan fingerprint density at radius 3 is 1.83 bits per heavy atom. The first-order chi connectivity index (χ1) is 26.3. The summed E-state index contributed by atoms with van der Waals surface area (Å²) in [5, 5.41) is 2.29. The molecule has 4 heteroatoms. The van der Waals surface area contributed by atoms with Crippen LogP contribution in [-0.4, -0.2) is 18.3 Å². The van der Waals surface area contributed by atoms with Gasteiger partial charge in [-0.25, -0.2) is 0 Å². The number of benzene rings is 6. The molecule has 1 atom stereocenters. The third-order valence-corrected chi connectivity index (χ3v) is 13.9. The van der Waals surface area contributed by atoms with Gasteiger partial charge in [-0.2, -0.15) is 0 Å². The van der Waals surface area contributed by atoms with E-state index >= 15 is 0 Å². The topological polar surface area (TPSA) is 31.6 Å². The maximum absolute atomic E-state index is 6.91. The van der Waals surface area contributed by atoms with Crippen LogP contribution < -0.4 is 5.46 Å². The van der Waals surface area contributed by atoms with E-state index in [0.29, 0.717) is 0 Å². The van der Waals surface area contributed by atoms with Crippen molar-refractivity contribution in [2.45, 2.75) is 62.6 Å². The summed E-state index contributed by atoms with van der Waals surface area (Å²) in [6.45, 7) is 8.58. The summed E-state index contributed by atoms with van der Waals surface area (Å²) < 4.78 is 20.5. The van der Waals surface area contributed by atoms with Crippen LogP contribution in [0.2, 0.25) is 0 Å². The highest BCUT2D eigenvalue weighted by Gasteiger charge is 2.61. The molecule has 1 saturated heterocycles. The van der Waals surface area contributed by atoms with Gasteiger partial charge in [0.2, 0.25) is 0 Å². The molecule has 6 aromatic carbocycles. The van der Waals surface area contributed by atoms with Crippen molar-refractivity contribution >= 4 is 34.5 Å². The molecule has 5 aliphatic rings. The molecule has 0 bridgehead atoms. The second kappa shape index (κ2) is 10.2. The quantitative estimate of drug-likeness (QED) is 0.160. The van der Waals surface area contributed by atoms with E-state index in [-0.39, 0.29) is 0 Å². The zero-order chi connectivity index (χ0) is 36.2. The first-order valence-electron chi connectivity index (χ1n) is 19.4. The van der Waals surface area contributed by atoms with Gasteiger partial charge in [0.05, 0.1) is 22.0 Å². The molecular formula is C50H39BO3. The average Bonchev–Trinajstić information content (AvgIpc) is 3.88. The van der Waals surface area contributed by atoms with Gasteiger partial charge in [0.25, 0.3) is 0 Å². The molecule has 260 valence electrons. The van der Waals surface area contributed by atoms with Crippen LogP contribution >= 0.6 is 0 Å². The fourth-order valence-electron chi connectivity index (χ4n) is 11.1. The zero-order valence-electron chi connectivity index (χ0n) is 31.0. The first-order valence-corrected chi connectivity index (χ1v) is 19.4. The molecule has 3 nitrogen and oxygen atoms in total. The van der Waals surface area contributed by atoms with Crippen molar-refractivity contribution in [3.05, 3.63) is 184 Å². The molecule has 0 saturated carbocycles. The summed E-state index contributed by atoms with van der Waals surface area (Å²) in [6.07, 6.45) is 6.84. The zero-order valence-corrected chi connectivity index (χ0v) is 31.0. The molecule has 1 aliphatic heterocycles. The highest BCUT2D eigenvalue weighted by molar-refractivity contribution is 6.64. The van der Waals surface area contributed by atoms with Crippen molar-refractivity contribution in [2.75, 3.05) is 0 Å². The van der Waals surface area contributed by atoms with E-state index < -0.39 is 29.2 Å². The number of furan rings is 1. The molecule has 1 fully saturated rings. The van der Waals surface area contributed by atoms with Crippen molar-refractivity contribution in [2.24, 2.45) is 0 Å². The fraction of sp³-hybridized carbons (Fsp3) is 0.200. The second-order valence-electron chi connectivity index (χ2n) is 16.8. The van der Waals surface area contributed by atoms with Gasteiger partial charge < -0.3 is 13.7 Å². The number of rotatable bonds is 1. The predicted octanol–water partition coefficient (Wildman–Crippen LogP) is 11.2. The minimum atomic E-state index is -0.550. The summed E-state index contributed by atoms with van der Waals surface area (Å²) in [5.74, 6) is 0. The van der Waals surface area contributed by atoms with E-state index in [9.17, 15) is 0 Å². The van der Waals surface area contributed by atoms with Crippen molar-refractivity contribution in [3.8, 4) is 22.3 Å². The van der Waals surface area contributed by atoms with Gasteiger partial charge in [0.15, 0.2) is 0 Å². The van der Waals surface area contributed by atoms with Crippen molar-refractivity contribution in [1.82, 2.24) is 0 Å². The van der Waals surface area contributed by atoms with Crippen LogP contribution in [0.25, 0.3) is 44.2 Å². The molecule has 1 aromatic heterocycles. The van der Waals surface area contributed by atoms with Gasteiger partial charge in [-0.3, -0.25) is 0 Å². The Balaban J connectivity index is 1.28. The summed E-state index contributed by atoms with van der Waals surface area (Å²) in [7, 11) is -0.528. The highest BCUT2D eigenvalue weighted by atomic mass is 16.7. The Labute approximate surface area is 316 Å². The molecule has 0 radical (unpaired) electrons. The first kappa shape index (κ1) is 31.0. The molecular weight excluding hydrogens is 659 g/mol. The minimum absolute atomic E-state index is 0.444. The normalized spacial score (nSPS) is 21.7. The summed E-state index contributed by atoms with van der Waals surface area (Å²) in [6, 6.07) is 47.6. The lowest BCUT2D eigenvalue weighted by molar-refractivity contribution is 0.00578. The Morgan fingerprint density at radius 2 is 1.11 bits per heavy atom. The third-order valence-electron chi connectivity index (χ3n) is 13.9. The predicted molar refractivity (Wildman–Crippen MR) is 218 cm³/mol. The highest BCUT2D eigenvalue weighted by Crippen LogP contribution is 2.69. The van der Waals surface area contributed by atoms with Crippen molar-refractivity contribution in [1.29, 1.82) is 0 Å². The summed E-state index contributed by atoms with van der Waals surface area (Å²) in [5.41, 5.74) is 16.9. The molecule has 1 unspecified atom stereocenters. The van der Waals surface area contributed by atoms with Crippen LogP contribution in [0, 0.1) is 0 Å². The van der Waals surface area contributed by atoms with Crippen molar-refractivity contribution in [3.63, 3.8) is 0 Å². The molecule has 54 heavy (non-hydrogen) atoms. The average molecular weight is 699 g/mol. The van der Waals surface area contributed by atoms with Gasteiger partial charge in [0.1, 0.15) is 11.2 Å². The molecule has 2 spiro atoms. The molecule has 2 heterocycles. The van der Waals surface area contributed by atoms with E-state index in [1.54, 1.807) is 0 Å². The van der Waals surface area contributed by atoms with Crippen LogP contribution in [0.1, 0.15) is 73.9 Å². The Bertz CT molecular complexity index is 2810. The lowest BCUT2D eigenvalue weighted by Crippen LogP contribution is -2.44. The third kappa shape index (κ3) is 3.45. The molecule has 0 amide bonds. The molecule has 12 rings (SSSR count). The maximum atomic E-state index is 6.91. The van der Waals surface area contributed by atoms with Gasteiger partial charge in [-0.1, -0.05) is 127 Å². The number of fused-ring (bicyclic) bond motifs is 19. The van der Waals surface area contributed by atoms with Gasteiger partial charge in [-0.15, -0.1) is 0 Å². The largest absolute Gasteiger partial charge is 0.495 e. The lowest BCUT2D eigenvalue weighted by atomic mass is 9.51. The Kier molecular flexibility index (Phi) is 5.86. The van der Waals surface area contributed by atoms with Gasteiger partial charge in [-0.05, 0) is 125 Å². The number of para-hydroxylation sites is 1. The van der Waals surface area contributed by atoms with E-state index in [0.717, 1.165) is 40.2 Å². The molecule has 0 N–H and O–H groups in total. The Morgan fingerprint density at radius 1 is 0.519 bits per heavy atom. The summed E-state index contributed by atoms with van der Waals surface area (Å²) >= 11 is 0. The smallest absolute Gasteiger partial charge is 0.456 e. The SMILES string of the molecule is CC1(C)OB(c2cccc3c2-c2c(ccc4oc5ccccc5c24)C32C3=C(C=CCC3)C3(c4ccccc4-c4ccccc43)c3ccccc32)OC1(C)C. The van der Waals surface area contributed by atoms with E-state index in [1.165, 1.54) is 66.8 Å². The van der Waals surface area contributed by atoms with Gasteiger partial charge in [0, 0.05) is 10.8 Å². The fourth-order valence-corrected chi connectivity index (χ4v) is 11.1. The van der Waals surface area contributed by atoms with E-state index in [2.05, 4.69) is 167 Å². The van der Waals surface area contributed by atoms with E-state index in [4.69, 9.17) is 13.7 Å². The van der Waals surface area contributed by atoms with Crippen LogP contribution in [0.15, 0.2) is 155 Å². The monoisotopic (exact) mass is 698 g/mol. The second-order valence-corrected chi connectivity index (χ2v) is 16.8. The molecule has 7 aromatic rings.